The summed E-state index contributed by atoms with van der Waals surface area (Å²) in [6.45, 7) is 0.833. The van der Waals surface area contributed by atoms with Crippen LogP contribution in [0.25, 0.3) is 0 Å². The van der Waals surface area contributed by atoms with Gasteiger partial charge in [-0.05, 0) is 80.5 Å². The van der Waals surface area contributed by atoms with Crippen LogP contribution in [0.2, 0.25) is 0 Å². The van der Waals surface area contributed by atoms with Crippen molar-refractivity contribution in [2.75, 3.05) is 23.9 Å². The first-order valence-corrected chi connectivity index (χ1v) is 12.6. The molecule has 4 aliphatic carbocycles. The van der Waals surface area contributed by atoms with Gasteiger partial charge < -0.3 is 10.4 Å². The van der Waals surface area contributed by atoms with Crippen LogP contribution >= 0.6 is 11.0 Å². The summed E-state index contributed by atoms with van der Waals surface area (Å²) in [6, 6.07) is 8.84. The van der Waals surface area contributed by atoms with E-state index in [1.54, 1.807) is 24.3 Å². The number of amides is 1. The largest absolute Gasteiger partial charge is 0.390 e. The summed E-state index contributed by atoms with van der Waals surface area (Å²) in [4.78, 5) is 12.9. The van der Waals surface area contributed by atoms with E-state index in [-0.39, 0.29) is 18.5 Å². The Hall–Kier alpha value is -1.83. The van der Waals surface area contributed by atoms with Gasteiger partial charge in [0.25, 0.3) is 0 Å². The zero-order valence-electron chi connectivity index (χ0n) is 17.5. The second-order valence-electron chi connectivity index (χ2n) is 9.76. The molecule has 5 fully saturated rings. The van der Waals surface area contributed by atoms with Gasteiger partial charge in [0.05, 0.1) is 29.5 Å². The highest BCUT2D eigenvalue weighted by Crippen LogP contribution is 2.56. The van der Waals surface area contributed by atoms with Crippen molar-refractivity contribution in [3.05, 3.63) is 29.8 Å². The highest BCUT2D eigenvalue weighted by atomic mass is 32.3. The van der Waals surface area contributed by atoms with E-state index < -0.39 is 16.6 Å². The number of nitrogens with zero attached hydrogens (tertiary/aromatic N) is 3. The summed E-state index contributed by atoms with van der Waals surface area (Å²) in [5.74, 6) is 1.02. The molecule has 0 spiro atoms. The quantitative estimate of drug-likeness (QED) is 0.561. The molecule has 168 valence electrons. The smallest absolute Gasteiger partial charge is 0.236 e. The third-order valence-corrected chi connectivity index (χ3v) is 9.57. The Labute approximate surface area is 184 Å². The fourth-order valence-corrected chi connectivity index (χ4v) is 8.24. The molecule has 1 aromatic carbocycles. The van der Waals surface area contributed by atoms with Crippen LogP contribution in [0.15, 0.2) is 24.3 Å². The zero-order valence-corrected chi connectivity index (χ0v) is 18.3. The Bertz CT molecular complexity index is 886. The lowest BCUT2D eigenvalue weighted by Gasteiger charge is -2.58. The van der Waals surface area contributed by atoms with Crippen molar-refractivity contribution >= 4 is 22.6 Å². The van der Waals surface area contributed by atoms with E-state index in [1.807, 2.05) is 0 Å². The van der Waals surface area contributed by atoms with Crippen molar-refractivity contribution in [2.45, 2.75) is 50.2 Å². The summed E-state index contributed by atoms with van der Waals surface area (Å²) in [7, 11) is -3.32. The molecule has 8 nitrogen and oxygen atoms in total. The SMILES string of the molecule is N#Cc1ccc(N2CCCN(CC(=O)NC3C4CC5CC3CC(O)(C5)C4)S2(O)O)cc1. The molecule has 4 saturated carbocycles. The molecule has 6 rings (SSSR count). The Kier molecular flexibility index (Phi) is 5.19. The van der Waals surface area contributed by atoms with E-state index in [2.05, 4.69) is 11.4 Å². The van der Waals surface area contributed by atoms with Crippen molar-refractivity contribution in [1.82, 2.24) is 9.62 Å². The van der Waals surface area contributed by atoms with Gasteiger partial charge in [-0.15, -0.1) is 0 Å². The molecular weight excluding hydrogens is 416 g/mol. The van der Waals surface area contributed by atoms with Crippen molar-refractivity contribution in [2.24, 2.45) is 17.8 Å². The van der Waals surface area contributed by atoms with Crippen LogP contribution in [0, 0.1) is 29.1 Å². The minimum absolute atomic E-state index is 0.0707. The van der Waals surface area contributed by atoms with Crippen LogP contribution in [0.3, 0.4) is 0 Å². The molecule has 1 saturated heterocycles. The lowest BCUT2D eigenvalue weighted by molar-refractivity contribution is -0.146. The maximum absolute atomic E-state index is 12.9. The number of hydrogen-bond donors (Lipinski definition) is 4. The number of anilines is 1. The second kappa shape index (κ2) is 7.64. The molecule has 9 heteroatoms. The highest BCUT2D eigenvalue weighted by Gasteiger charge is 2.55. The number of aliphatic hydroxyl groups is 1. The van der Waals surface area contributed by atoms with Crippen LogP contribution in [0.1, 0.15) is 44.1 Å². The van der Waals surface area contributed by atoms with Crippen LogP contribution in [0.5, 0.6) is 0 Å². The van der Waals surface area contributed by atoms with Crippen LogP contribution in [-0.4, -0.2) is 55.7 Å². The number of carbonyl (C=O) groups excluding carboxylic acids is 1. The van der Waals surface area contributed by atoms with Gasteiger partial charge in [-0.3, -0.25) is 18.2 Å². The molecule has 0 radical (unpaired) electrons. The topological polar surface area (TPSA) is 120 Å². The Morgan fingerprint density at radius 2 is 1.84 bits per heavy atom. The summed E-state index contributed by atoms with van der Waals surface area (Å²) >= 11 is 0. The summed E-state index contributed by atoms with van der Waals surface area (Å²) < 4.78 is 25.0. The van der Waals surface area contributed by atoms with Gasteiger partial charge in [-0.2, -0.15) is 9.57 Å². The minimum Gasteiger partial charge on any atom is -0.390 e. The third kappa shape index (κ3) is 3.81. The van der Waals surface area contributed by atoms with E-state index in [9.17, 15) is 19.0 Å². The molecule has 5 aliphatic rings. The standard InChI is InChI=1S/C22H30N4O4S/c23-13-15-2-4-19(5-3-15)26-7-1-6-25(31(26,29)30)14-20(27)24-21-17-8-16-9-18(21)12-22(28,10-16)11-17/h2-5,16-18,21,28-30H,1,6-12,14H2,(H,24,27). The van der Waals surface area contributed by atoms with Crippen LogP contribution in [0.4, 0.5) is 5.69 Å². The molecule has 2 unspecified atom stereocenters. The molecule has 1 aromatic rings. The lowest BCUT2D eigenvalue weighted by Crippen LogP contribution is -2.62. The Balaban J connectivity index is 1.25. The number of rotatable bonds is 4. The predicted octanol–water partition coefficient (Wildman–Crippen LogP) is 2.71. The van der Waals surface area contributed by atoms with Gasteiger partial charge >= 0.3 is 0 Å². The molecule has 2 atom stereocenters. The first-order valence-electron chi connectivity index (χ1n) is 11.1. The minimum atomic E-state index is -3.32. The monoisotopic (exact) mass is 446 g/mol. The second-order valence-corrected chi connectivity index (χ2v) is 11.7. The van der Waals surface area contributed by atoms with E-state index in [0.717, 1.165) is 32.1 Å². The Morgan fingerprint density at radius 1 is 1.16 bits per heavy atom. The van der Waals surface area contributed by atoms with Crippen molar-refractivity contribution in [3.63, 3.8) is 0 Å². The molecular formula is C22H30N4O4S. The van der Waals surface area contributed by atoms with Gasteiger partial charge in [0.15, 0.2) is 0 Å². The van der Waals surface area contributed by atoms with Gasteiger partial charge in [-0.25, -0.2) is 0 Å². The normalized spacial score (nSPS) is 37.3. The first kappa shape index (κ1) is 21.0. The van der Waals surface area contributed by atoms with Gasteiger partial charge in [-0.1, -0.05) is 11.0 Å². The Morgan fingerprint density at radius 3 is 2.45 bits per heavy atom. The highest BCUT2D eigenvalue weighted by molar-refractivity contribution is 8.23. The lowest BCUT2D eigenvalue weighted by atomic mass is 9.52. The van der Waals surface area contributed by atoms with E-state index in [1.165, 1.54) is 8.61 Å². The zero-order chi connectivity index (χ0) is 21.8. The fraction of sp³-hybridized carbons (Fsp3) is 0.636. The van der Waals surface area contributed by atoms with E-state index in [4.69, 9.17) is 5.26 Å². The fourth-order valence-electron chi connectivity index (χ4n) is 6.52. The third-order valence-electron chi connectivity index (χ3n) is 7.58. The molecule has 1 aliphatic heterocycles. The maximum atomic E-state index is 12.9. The van der Waals surface area contributed by atoms with Crippen molar-refractivity contribution < 1.29 is 19.0 Å². The number of nitriles is 1. The number of benzene rings is 1. The summed E-state index contributed by atoms with van der Waals surface area (Å²) in [5, 5.41) is 22.9. The molecule has 1 heterocycles. The maximum Gasteiger partial charge on any atom is 0.236 e. The van der Waals surface area contributed by atoms with Crippen LogP contribution in [-0.2, 0) is 4.79 Å². The van der Waals surface area contributed by atoms with Crippen molar-refractivity contribution in [3.8, 4) is 6.07 Å². The van der Waals surface area contributed by atoms with Crippen LogP contribution < -0.4 is 9.62 Å². The summed E-state index contributed by atoms with van der Waals surface area (Å²) in [5.41, 5.74) is 0.592. The van der Waals surface area contributed by atoms with Gasteiger partial charge in [0.2, 0.25) is 5.91 Å². The van der Waals surface area contributed by atoms with Gasteiger partial charge in [0.1, 0.15) is 0 Å². The van der Waals surface area contributed by atoms with E-state index >= 15 is 0 Å². The van der Waals surface area contributed by atoms with E-state index in [0.29, 0.717) is 48.5 Å². The number of hydrogen-bond acceptors (Lipinski definition) is 7. The average molecular weight is 447 g/mol. The first-order chi connectivity index (χ1) is 14.8. The molecule has 4 N–H and O–H groups in total. The van der Waals surface area contributed by atoms with Gasteiger partial charge in [0, 0.05) is 19.1 Å². The summed E-state index contributed by atoms with van der Waals surface area (Å²) in [6.07, 6.45) is 5.25. The average Bonchev–Trinajstić information content (AvgIpc) is 2.71. The number of nitrogens with one attached hydrogen (secondary N) is 1. The molecule has 1 amide bonds. The van der Waals surface area contributed by atoms with Crippen molar-refractivity contribution in [1.29, 1.82) is 5.26 Å². The molecule has 31 heavy (non-hydrogen) atoms. The number of carbonyl (C=O) groups is 1. The molecule has 0 aromatic heterocycles. The molecule has 4 bridgehead atoms. The predicted molar refractivity (Wildman–Crippen MR) is 118 cm³/mol.